The van der Waals surface area contributed by atoms with Gasteiger partial charge in [-0.2, -0.15) is 0 Å². The van der Waals surface area contributed by atoms with Crippen LogP contribution in [0.3, 0.4) is 0 Å². The first kappa shape index (κ1) is 17.7. The van der Waals surface area contributed by atoms with Crippen LogP contribution in [0, 0.1) is 0 Å². The number of benzene rings is 2. The Hall–Kier alpha value is -3.41. The number of fused-ring (bicyclic) bond motifs is 2. The van der Waals surface area contributed by atoms with E-state index in [1.54, 1.807) is 14.2 Å². The van der Waals surface area contributed by atoms with E-state index in [-0.39, 0.29) is 5.88 Å². The molecule has 0 bridgehead atoms. The maximum absolute atomic E-state index is 10.8. The Kier molecular flexibility index (Phi) is 4.01. The zero-order chi connectivity index (χ0) is 20.1. The van der Waals surface area contributed by atoms with Crippen molar-refractivity contribution in [2.75, 3.05) is 20.0 Å². The summed E-state index contributed by atoms with van der Waals surface area (Å²) in [7, 11) is 3.27. The molecule has 1 aliphatic rings. The van der Waals surface area contributed by atoms with Gasteiger partial charge in [-0.1, -0.05) is 18.2 Å². The minimum Gasteiger partial charge on any atom is -0.497 e. The van der Waals surface area contributed by atoms with Crippen molar-refractivity contribution in [2.24, 2.45) is 0 Å². The van der Waals surface area contributed by atoms with Gasteiger partial charge in [0.15, 0.2) is 0 Å². The molecule has 2 aromatic heterocycles. The molecule has 5 rings (SSSR count). The largest absolute Gasteiger partial charge is 0.497 e. The Morgan fingerprint density at radius 3 is 2.62 bits per heavy atom. The molecule has 148 valence electrons. The summed E-state index contributed by atoms with van der Waals surface area (Å²) in [6, 6.07) is 11.9. The van der Waals surface area contributed by atoms with Crippen molar-refractivity contribution in [3.8, 4) is 28.5 Å². The first-order valence-corrected chi connectivity index (χ1v) is 9.76. The summed E-state index contributed by atoms with van der Waals surface area (Å²) >= 11 is 0. The summed E-state index contributed by atoms with van der Waals surface area (Å²) in [5.74, 6) is 1.64. The molecular formula is C23H23N3O3. The van der Waals surface area contributed by atoms with Crippen LogP contribution in [-0.2, 0) is 0 Å². The second-order valence-corrected chi connectivity index (χ2v) is 7.50. The van der Waals surface area contributed by atoms with E-state index in [2.05, 4.69) is 0 Å². The van der Waals surface area contributed by atoms with Gasteiger partial charge < -0.3 is 24.9 Å². The first-order chi connectivity index (χ1) is 14.1. The smallest absolute Gasteiger partial charge is 0.203 e. The molecule has 4 aromatic rings. The molecule has 1 fully saturated rings. The molecule has 0 radical (unpaired) electrons. The highest BCUT2D eigenvalue weighted by atomic mass is 16.5. The molecule has 0 unspecified atom stereocenters. The van der Waals surface area contributed by atoms with Gasteiger partial charge in [-0.3, -0.25) is 0 Å². The van der Waals surface area contributed by atoms with Crippen molar-refractivity contribution in [2.45, 2.75) is 25.3 Å². The average Bonchev–Trinajstić information content (AvgIpc) is 3.02. The van der Waals surface area contributed by atoms with Gasteiger partial charge in [-0.15, -0.1) is 0 Å². The Labute approximate surface area is 168 Å². The lowest BCUT2D eigenvalue weighted by atomic mass is 9.93. The van der Waals surface area contributed by atoms with Crippen LogP contribution in [0.25, 0.3) is 32.9 Å². The van der Waals surface area contributed by atoms with Crippen molar-refractivity contribution in [1.82, 2.24) is 9.55 Å². The summed E-state index contributed by atoms with van der Waals surface area (Å²) in [5.41, 5.74) is 10.4. The molecule has 6 heteroatoms. The predicted octanol–water partition coefficient (Wildman–Crippen LogP) is 4.89. The summed E-state index contributed by atoms with van der Waals surface area (Å²) in [6.07, 6.45) is 5.25. The van der Waals surface area contributed by atoms with Crippen molar-refractivity contribution in [3.63, 3.8) is 0 Å². The Morgan fingerprint density at radius 2 is 1.93 bits per heavy atom. The molecular weight excluding hydrogens is 366 g/mol. The number of para-hydroxylation sites is 1. The van der Waals surface area contributed by atoms with E-state index >= 15 is 0 Å². The van der Waals surface area contributed by atoms with Crippen LogP contribution in [0.2, 0.25) is 0 Å². The minimum atomic E-state index is 0.212. The van der Waals surface area contributed by atoms with Crippen LogP contribution in [0.5, 0.6) is 17.4 Å². The number of nitrogens with zero attached hydrogens (tertiary/aromatic N) is 2. The molecule has 0 spiro atoms. The zero-order valence-electron chi connectivity index (χ0n) is 16.5. The molecule has 2 heterocycles. The highest BCUT2D eigenvalue weighted by Crippen LogP contribution is 2.44. The Balaban J connectivity index is 1.78. The lowest BCUT2D eigenvalue weighted by molar-refractivity contribution is 0.283. The number of anilines is 1. The van der Waals surface area contributed by atoms with Crippen LogP contribution in [0.4, 0.5) is 5.69 Å². The fraction of sp³-hybridized carbons (Fsp3) is 0.261. The van der Waals surface area contributed by atoms with E-state index < -0.39 is 0 Å². The van der Waals surface area contributed by atoms with E-state index in [1.807, 2.05) is 47.2 Å². The highest BCUT2D eigenvalue weighted by Gasteiger charge is 2.25. The number of aromatic hydroxyl groups is 1. The second-order valence-electron chi connectivity index (χ2n) is 7.50. The number of nitrogen functional groups attached to an aromatic ring is 1. The number of pyridine rings is 1. The lowest BCUT2D eigenvalue weighted by Crippen LogP contribution is -2.15. The van der Waals surface area contributed by atoms with Gasteiger partial charge in [0.2, 0.25) is 5.88 Å². The average molecular weight is 389 g/mol. The molecule has 3 N–H and O–H groups in total. The number of rotatable bonds is 4. The van der Waals surface area contributed by atoms with Gasteiger partial charge in [-0.05, 0) is 31.4 Å². The van der Waals surface area contributed by atoms with Crippen molar-refractivity contribution in [3.05, 3.63) is 42.6 Å². The third-order valence-corrected chi connectivity index (χ3v) is 5.98. The van der Waals surface area contributed by atoms with Crippen molar-refractivity contribution >= 4 is 27.5 Å². The molecule has 1 saturated carbocycles. The van der Waals surface area contributed by atoms with E-state index in [4.69, 9.17) is 20.2 Å². The molecule has 2 aromatic carbocycles. The highest BCUT2D eigenvalue weighted by molar-refractivity contribution is 6.12. The van der Waals surface area contributed by atoms with Gasteiger partial charge in [0.1, 0.15) is 11.5 Å². The topological polar surface area (TPSA) is 82.5 Å². The van der Waals surface area contributed by atoms with Gasteiger partial charge in [0.25, 0.3) is 0 Å². The predicted molar refractivity (Wildman–Crippen MR) is 115 cm³/mol. The number of methoxy groups -OCH3 is 2. The van der Waals surface area contributed by atoms with Gasteiger partial charge in [0.05, 0.1) is 36.3 Å². The monoisotopic (exact) mass is 389 g/mol. The Bertz CT molecular complexity index is 1240. The van der Waals surface area contributed by atoms with Crippen molar-refractivity contribution < 1.29 is 14.6 Å². The quantitative estimate of drug-likeness (QED) is 0.519. The lowest BCUT2D eigenvalue weighted by Gasteiger charge is -2.27. The van der Waals surface area contributed by atoms with E-state index in [9.17, 15) is 5.11 Å². The van der Waals surface area contributed by atoms with Gasteiger partial charge >= 0.3 is 0 Å². The molecule has 0 aliphatic heterocycles. The van der Waals surface area contributed by atoms with E-state index in [0.717, 1.165) is 40.6 Å². The fourth-order valence-electron chi connectivity index (χ4n) is 4.16. The van der Waals surface area contributed by atoms with Crippen LogP contribution in [0.15, 0.2) is 42.6 Å². The standard InChI is InChI=1S/C23H23N3O3/c1-28-14-9-10-15(19(11-14)29-2)16-7-4-8-17-21(24)20-18(25-22(16)17)12-26(23(20)27)13-5-3-6-13/h4,7-13,27H,3,5-6,24H2,1-2H3. The first-order valence-electron chi connectivity index (χ1n) is 9.76. The maximum atomic E-state index is 10.8. The van der Waals surface area contributed by atoms with E-state index in [1.165, 1.54) is 6.42 Å². The zero-order valence-corrected chi connectivity index (χ0v) is 16.5. The third-order valence-electron chi connectivity index (χ3n) is 5.98. The number of ether oxygens (including phenoxy) is 2. The summed E-state index contributed by atoms with van der Waals surface area (Å²) < 4.78 is 12.8. The molecule has 0 amide bonds. The number of hydrogen-bond acceptors (Lipinski definition) is 5. The third kappa shape index (κ3) is 2.59. The molecule has 0 saturated heterocycles. The summed E-state index contributed by atoms with van der Waals surface area (Å²) in [6.45, 7) is 0. The molecule has 6 nitrogen and oxygen atoms in total. The number of hydrogen-bond donors (Lipinski definition) is 2. The van der Waals surface area contributed by atoms with Gasteiger partial charge in [-0.25, -0.2) is 4.98 Å². The minimum absolute atomic E-state index is 0.212. The second kappa shape index (κ2) is 6.58. The number of aromatic nitrogens is 2. The summed E-state index contributed by atoms with van der Waals surface area (Å²) in [4.78, 5) is 4.91. The van der Waals surface area contributed by atoms with Crippen LogP contribution >= 0.6 is 0 Å². The van der Waals surface area contributed by atoms with Gasteiger partial charge in [0, 0.05) is 34.8 Å². The molecule has 0 atom stereocenters. The summed E-state index contributed by atoms with van der Waals surface area (Å²) in [5, 5.41) is 12.2. The van der Waals surface area contributed by atoms with Crippen LogP contribution in [-0.4, -0.2) is 28.9 Å². The maximum Gasteiger partial charge on any atom is 0.203 e. The normalized spacial score (nSPS) is 14.3. The van der Waals surface area contributed by atoms with E-state index in [0.29, 0.717) is 28.4 Å². The number of nitrogens with two attached hydrogens (primary N) is 1. The molecule has 29 heavy (non-hydrogen) atoms. The SMILES string of the molecule is COc1ccc(-c2cccc3c(N)c4c(O)n(C5CCC5)cc4nc23)c(OC)c1. The fourth-order valence-corrected chi connectivity index (χ4v) is 4.16. The van der Waals surface area contributed by atoms with Crippen LogP contribution < -0.4 is 15.2 Å². The van der Waals surface area contributed by atoms with Crippen LogP contribution in [0.1, 0.15) is 25.3 Å². The van der Waals surface area contributed by atoms with Crippen molar-refractivity contribution in [1.29, 1.82) is 0 Å². The molecule has 1 aliphatic carbocycles. The Morgan fingerprint density at radius 1 is 1.10 bits per heavy atom.